The minimum Gasteiger partial charge on any atom is -0.473 e. The van der Waals surface area contributed by atoms with Crippen LogP contribution in [0.2, 0.25) is 0 Å². The van der Waals surface area contributed by atoms with E-state index in [-0.39, 0.29) is 18.5 Å². The Morgan fingerprint density at radius 2 is 2.06 bits per heavy atom. The van der Waals surface area contributed by atoms with Crippen LogP contribution in [0.5, 0.6) is 5.88 Å². The molecule has 94 valence electrons. The van der Waals surface area contributed by atoms with E-state index >= 15 is 0 Å². The van der Waals surface area contributed by atoms with E-state index in [0.717, 1.165) is 5.56 Å². The zero-order valence-corrected chi connectivity index (χ0v) is 10.1. The Morgan fingerprint density at radius 1 is 1.28 bits per heavy atom. The molecule has 0 spiro atoms. The second-order valence-electron chi connectivity index (χ2n) is 4.10. The smallest absolute Gasteiger partial charge is 0.213 e. The van der Waals surface area contributed by atoms with Crippen molar-refractivity contribution in [3.8, 4) is 5.88 Å². The van der Waals surface area contributed by atoms with E-state index in [1.54, 1.807) is 30.5 Å². The van der Waals surface area contributed by atoms with Crippen molar-refractivity contribution in [3.63, 3.8) is 0 Å². The second kappa shape index (κ2) is 5.60. The molecule has 1 aromatic carbocycles. The predicted octanol–water partition coefficient (Wildman–Crippen LogP) is 2.82. The number of nitrogens with two attached hydrogens (primary N) is 1. The third-order valence-electron chi connectivity index (χ3n) is 2.62. The number of halogens is 1. The molecule has 0 bridgehead atoms. The first-order chi connectivity index (χ1) is 8.66. The molecule has 2 aromatic rings. The first kappa shape index (κ1) is 12.5. The highest BCUT2D eigenvalue weighted by molar-refractivity contribution is 5.21. The van der Waals surface area contributed by atoms with Crippen LogP contribution >= 0.6 is 0 Å². The molecule has 1 atom stereocenters. The fourth-order valence-electron chi connectivity index (χ4n) is 1.51. The van der Waals surface area contributed by atoms with Gasteiger partial charge in [-0.15, -0.1) is 0 Å². The van der Waals surface area contributed by atoms with Crippen molar-refractivity contribution in [2.75, 3.05) is 0 Å². The highest BCUT2D eigenvalue weighted by Crippen LogP contribution is 2.14. The van der Waals surface area contributed by atoms with E-state index < -0.39 is 0 Å². The van der Waals surface area contributed by atoms with Gasteiger partial charge in [-0.3, -0.25) is 0 Å². The summed E-state index contributed by atoms with van der Waals surface area (Å²) in [5.41, 5.74) is 7.17. The molecule has 4 heteroatoms. The van der Waals surface area contributed by atoms with Gasteiger partial charge in [0.15, 0.2) is 0 Å². The van der Waals surface area contributed by atoms with Gasteiger partial charge in [-0.05, 0) is 18.6 Å². The van der Waals surface area contributed by atoms with Crippen LogP contribution in [0.4, 0.5) is 4.39 Å². The van der Waals surface area contributed by atoms with Crippen LogP contribution < -0.4 is 10.5 Å². The summed E-state index contributed by atoms with van der Waals surface area (Å²) in [5, 5.41) is 0. The summed E-state index contributed by atoms with van der Waals surface area (Å²) in [6.07, 6.45) is 1.67. The molecule has 2 N–H and O–H groups in total. The Bertz CT molecular complexity index is 511. The van der Waals surface area contributed by atoms with Gasteiger partial charge < -0.3 is 10.5 Å². The molecule has 2 rings (SSSR count). The van der Waals surface area contributed by atoms with Gasteiger partial charge in [-0.2, -0.15) is 0 Å². The van der Waals surface area contributed by atoms with Gasteiger partial charge in [0.25, 0.3) is 0 Å². The topological polar surface area (TPSA) is 48.1 Å². The molecular weight excluding hydrogens is 231 g/mol. The maximum Gasteiger partial charge on any atom is 0.213 e. The molecule has 1 aromatic heterocycles. The molecule has 18 heavy (non-hydrogen) atoms. The lowest BCUT2D eigenvalue weighted by molar-refractivity contribution is 0.288. The molecule has 0 saturated heterocycles. The number of benzene rings is 1. The average Bonchev–Trinajstić information content (AvgIpc) is 2.38. The van der Waals surface area contributed by atoms with Crippen LogP contribution in [-0.4, -0.2) is 4.98 Å². The molecule has 0 saturated carbocycles. The summed E-state index contributed by atoms with van der Waals surface area (Å²) in [5.74, 6) is 0.187. The molecule has 0 radical (unpaired) electrons. The van der Waals surface area contributed by atoms with Gasteiger partial charge in [0, 0.05) is 23.9 Å². The third kappa shape index (κ3) is 3.05. The highest BCUT2D eigenvalue weighted by Gasteiger charge is 2.03. The Balaban J connectivity index is 2.00. The van der Waals surface area contributed by atoms with Crippen LogP contribution in [-0.2, 0) is 6.61 Å². The summed E-state index contributed by atoms with van der Waals surface area (Å²) < 4.78 is 18.8. The van der Waals surface area contributed by atoms with E-state index in [0.29, 0.717) is 11.4 Å². The maximum absolute atomic E-state index is 13.3. The monoisotopic (exact) mass is 246 g/mol. The predicted molar refractivity (Wildman–Crippen MR) is 67.6 cm³/mol. The fraction of sp³-hybridized carbons (Fsp3) is 0.214. The zero-order valence-electron chi connectivity index (χ0n) is 10.1. The largest absolute Gasteiger partial charge is 0.473 e. The normalized spacial score (nSPS) is 12.2. The Morgan fingerprint density at radius 3 is 2.67 bits per heavy atom. The van der Waals surface area contributed by atoms with Crippen LogP contribution in [0.1, 0.15) is 24.1 Å². The summed E-state index contributed by atoms with van der Waals surface area (Å²) in [7, 11) is 0. The number of hydrogen-bond acceptors (Lipinski definition) is 3. The van der Waals surface area contributed by atoms with Crippen LogP contribution in [0.25, 0.3) is 0 Å². The van der Waals surface area contributed by atoms with Crippen molar-refractivity contribution < 1.29 is 9.13 Å². The number of ether oxygens (including phenoxy) is 1. The van der Waals surface area contributed by atoms with Crippen molar-refractivity contribution in [2.24, 2.45) is 5.73 Å². The molecule has 0 fully saturated rings. The van der Waals surface area contributed by atoms with E-state index in [1.807, 2.05) is 13.0 Å². The molecule has 0 aliphatic heterocycles. The molecule has 0 amide bonds. The van der Waals surface area contributed by atoms with Crippen LogP contribution in [0.15, 0.2) is 42.6 Å². The van der Waals surface area contributed by atoms with E-state index in [2.05, 4.69) is 4.98 Å². The van der Waals surface area contributed by atoms with Crippen molar-refractivity contribution in [3.05, 3.63) is 59.5 Å². The minimum atomic E-state index is -0.273. The molecule has 1 heterocycles. The van der Waals surface area contributed by atoms with Crippen LogP contribution in [0, 0.1) is 5.82 Å². The average molecular weight is 246 g/mol. The number of aromatic nitrogens is 1. The number of rotatable bonds is 4. The fourth-order valence-corrected chi connectivity index (χ4v) is 1.51. The van der Waals surface area contributed by atoms with E-state index in [4.69, 9.17) is 10.5 Å². The number of nitrogens with zero attached hydrogens (tertiary/aromatic N) is 1. The molecule has 0 aliphatic carbocycles. The first-order valence-corrected chi connectivity index (χ1v) is 5.74. The van der Waals surface area contributed by atoms with Gasteiger partial charge in [0.2, 0.25) is 5.88 Å². The SMILES string of the molecule is C[C@H](N)c1ccc(OCc2ccccc2F)nc1. The Kier molecular flexibility index (Phi) is 3.89. The summed E-state index contributed by atoms with van der Waals surface area (Å²) in [4.78, 5) is 4.12. The van der Waals surface area contributed by atoms with Gasteiger partial charge >= 0.3 is 0 Å². The van der Waals surface area contributed by atoms with Crippen molar-refractivity contribution in [2.45, 2.75) is 19.6 Å². The van der Waals surface area contributed by atoms with Crippen molar-refractivity contribution in [1.29, 1.82) is 0 Å². The molecular formula is C14H15FN2O. The Labute approximate surface area is 105 Å². The number of hydrogen-bond donors (Lipinski definition) is 1. The molecule has 3 nitrogen and oxygen atoms in total. The zero-order chi connectivity index (χ0) is 13.0. The standard InChI is InChI=1S/C14H15FN2O/c1-10(16)11-6-7-14(17-8-11)18-9-12-4-2-3-5-13(12)15/h2-8,10H,9,16H2,1H3/t10-/m0/s1. The minimum absolute atomic E-state index is 0.0573. The third-order valence-corrected chi connectivity index (χ3v) is 2.62. The van der Waals surface area contributed by atoms with E-state index in [1.165, 1.54) is 6.07 Å². The lowest BCUT2D eigenvalue weighted by Gasteiger charge is -2.08. The summed E-state index contributed by atoms with van der Waals surface area (Å²) in [6.45, 7) is 2.05. The summed E-state index contributed by atoms with van der Waals surface area (Å²) in [6, 6.07) is 10.0. The summed E-state index contributed by atoms with van der Waals surface area (Å²) >= 11 is 0. The lowest BCUT2D eigenvalue weighted by Crippen LogP contribution is -2.06. The highest BCUT2D eigenvalue weighted by atomic mass is 19.1. The first-order valence-electron chi connectivity index (χ1n) is 5.74. The van der Waals surface area contributed by atoms with Crippen LogP contribution in [0.3, 0.4) is 0 Å². The van der Waals surface area contributed by atoms with Crippen molar-refractivity contribution in [1.82, 2.24) is 4.98 Å². The number of pyridine rings is 1. The Hall–Kier alpha value is -1.94. The quantitative estimate of drug-likeness (QED) is 0.902. The lowest BCUT2D eigenvalue weighted by atomic mass is 10.2. The van der Waals surface area contributed by atoms with E-state index in [9.17, 15) is 4.39 Å². The second-order valence-corrected chi connectivity index (χ2v) is 4.10. The van der Waals surface area contributed by atoms with Gasteiger partial charge in [0.05, 0.1) is 0 Å². The van der Waals surface area contributed by atoms with Gasteiger partial charge in [-0.25, -0.2) is 9.37 Å². The molecule has 0 unspecified atom stereocenters. The van der Waals surface area contributed by atoms with Gasteiger partial charge in [0.1, 0.15) is 12.4 Å². The van der Waals surface area contributed by atoms with Crippen molar-refractivity contribution >= 4 is 0 Å². The molecule has 0 aliphatic rings. The van der Waals surface area contributed by atoms with Gasteiger partial charge in [-0.1, -0.05) is 24.3 Å². The maximum atomic E-state index is 13.3.